The third kappa shape index (κ3) is 0.980. The summed E-state index contributed by atoms with van der Waals surface area (Å²) in [5, 5.41) is 13.7. The van der Waals surface area contributed by atoms with Crippen molar-refractivity contribution in [2.45, 2.75) is 6.92 Å². The molecule has 2 heterocycles. The highest BCUT2D eigenvalue weighted by Crippen LogP contribution is 2.38. The highest BCUT2D eigenvalue weighted by Gasteiger charge is 2.10. The van der Waals surface area contributed by atoms with Crippen molar-refractivity contribution in [2.24, 2.45) is 0 Å². The van der Waals surface area contributed by atoms with Crippen LogP contribution in [0.25, 0.3) is 20.3 Å². The fourth-order valence-corrected chi connectivity index (χ4v) is 3.57. The van der Waals surface area contributed by atoms with Crippen LogP contribution < -0.4 is 0 Å². The lowest BCUT2D eigenvalue weighted by Gasteiger charge is -1.94. The predicted molar refractivity (Wildman–Crippen MR) is 61.4 cm³/mol. The number of phenolic OH excluding ortho intramolecular Hbond substituents is 1. The molecule has 0 amide bonds. The molecule has 0 radical (unpaired) electrons. The van der Waals surface area contributed by atoms with Gasteiger partial charge in [0.25, 0.3) is 0 Å². The Balaban J connectivity index is 2.64. The Morgan fingerprint density at radius 1 is 1.36 bits per heavy atom. The third-order valence-corrected chi connectivity index (χ3v) is 4.25. The Morgan fingerprint density at radius 2 is 2.21 bits per heavy atom. The van der Waals surface area contributed by atoms with Gasteiger partial charge in [-0.2, -0.15) is 0 Å². The van der Waals surface area contributed by atoms with Gasteiger partial charge in [-0.1, -0.05) is 0 Å². The second kappa shape index (κ2) is 2.68. The average Bonchev–Trinajstić information content (AvgIpc) is 2.69. The van der Waals surface area contributed by atoms with Gasteiger partial charge in [-0.25, -0.2) is 4.98 Å². The van der Waals surface area contributed by atoms with Gasteiger partial charge in [-0.15, -0.1) is 22.7 Å². The molecule has 2 aromatic heterocycles. The maximum absolute atomic E-state index is 9.74. The fourth-order valence-electron chi connectivity index (χ4n) is 1.60. The maximum Gasteiger partial charge on any atom is 0.126 e. The highest BCUT2D eigenvalue weighted by atomic mass is 32.1. The SMILES string of the molecule is Cc1nc2cc(O)c3ccsc3c2s1. The minimum Gasteiger partial charge on any atom is -0.507 e. The van der Waals surface area contributed by atoms with Gasteiger partial charge in [0, 0.05) is 11.5 Å². The lowest BCUT2D eigenvalue weighted by Crippen LogP contribution is -1.70. The number of aromatic nitrogens is 1. The van der Waals surface area contributed by atoms with Crippen LogP contribution in [0.4, 0.5) is 0 Å². The molecule has 0 atom stereocenters. The van der Waals surface area contributed by atoms with E-state index in [1.54, 1.807) is 28.7 Å². The number of nitrogens with zero attached hydrogens (tertiary/aromatic N) is 1. The number of hydrogen-bond acceptors (Lipinski definition) is 4. The molecular formula is C10H7NOS2. The van der Waals surface area contributed by atoms with E-state index < -0.39 is 0 Å². The summed E-state index contributed by atoms with van der Waals surface area (Å²) in [6.07, 6.45) is 0. The maximum atomic E-state index is 9.74. The Morgan fingerprint density at radius 3 is 3.07 bits per heavy atom. The Hall–Kier alpha value is -1.13. The van der Waals surface area contributed by atoms with Gasteiger partial charge >= 0.3 is 0 Å². The average molecular weight is 221 g/mol. The molecule has 14 heavy (non-hydrogen) atoms. The van der Waals surface area contributed by atoms with Gasteiger partial charge in [-0.3, -0.25) is 0 Å². The van der Waals surface area contributed by atoms with Crippen molar-refractivity contribution in [3.8, 4) is 5.75 Å². The van der Waals surface area contributed by atoms with Gasteiger partial charge < -0.3 is 5.11 Å². The smallest absolute Gasteiger partial charge is 0.126 e. The van der Waals surface area contributed by atoms with Crippen molar-refractivity contribution in [1.29, 1.82) is 0 Å². The molecule has 3 rings (SSSR count). The molecule has 0 bridgehead atoms. The standard InChI is InChI=1S/C10H7NOS2/c1-5-11-7-4-8(12)6-2-3-13-9(6)10(7)14-5/h2-4,12H,1H3. The van der Waals surface area contributed by atoms with Crippen LogP contribution in [0.2, 0.25) is 0 Å². The largest absolute Gasteiger partial charge is 0.507 e. The molecule has 0 unspecified atom stereocenters. The lowest BCUT2D eigenvalue weighted by atomic mass is 10.2. The van der Waals surface area contributed by atoms with Crippen molar-refractivity contribution >= 4 is 43.0 Å². The molecule has 1 N–H and O–H groups in total. The topological polar surface area (TPSA) is 33.1 Å². The predicted octanol–water partition coefficient (Wildman–Crippen LogP) is 3.53. The summed E-state index contributed by atoms with van der Waals surface area (Å²) < 4.78 is 2.33. The Bertz CT molecular complexity index is 623. The first kappa shape index (κ1) is 8.20. The Kier molecular flexibility index (Phi) is 1.57. The number of aryl methyl sites for hydroxylation is 1. The molecule has 1 aromatic carbocycles. The van der Waals surface area contributed by atoms with Crippen LogP contribution in [-0.2, 0) is 0 Å². The van der Waals surface area contributed by atoms with Crippen LogP contribution in [0.5, 0.6) is 5.75 Å². The number of hydrogen-bond donors (Lipinski definition) is 1. The quantitative estimate of drug-likeness (QED) is 0.630. The molecule has 0 spiro atoms. The summed E-state index contributed by atoms with van der Waals surface area (Å²) in [5.74, 6) is 0.332. The summed E-state index contributed by atoms with van der Waals surface area (Å²) in [4.78, 5) is 4.37. The van der Waals surface area contributed by atoms with Crippen molar-refractivity contribution in [3.05, 3.63) is 22.5 Å². The number of thiazole rings is 1. The Labute approximate surface area is 88.5 Å². The van der Waals surface area contributed by atoms with Crippen LogP contribution in [0.3, 0.4) is 0 Å². The molecule has 3 aromatic rings. The van der Waals surface area contributed by atoms with Gasteiger partial charge in [0.05, 0.1) is 19.9 Å². The molecular weight excluding hydrogens is 214 g/mol. The lowest BCUT2D eigenvalue weighted by molar-refractivity contribution is 0.482. The molecule has 0 saturated carbocycles. The first-order valence-corrected chi connectivity index (χ1v) is 5.91. The number of phenols is 1. The van der Waals surface area contributed by atoms with E-state index in [1.165, 1.54) is 4.70 Å². The molecule has 0 aliphatic heterocycles. The van der Waals surface area contributed by atoms with Crippen LogP contribution >= 0.6 is 22.7 Å². The van der Waals surface area contributed by atoms with Gasteiger partial charge in [0.15, 0.2) is 0 Å². The first-order valence-electron chi connectivity index (χ1n) is 4.22. The minimum atomic E-state index is 0.332. The van der Waals surface area contributed by atoms with Crippen molar-refractivity contribution in [1.82, 2.24) is 4.98 Å². The number of rotatable bonds is 0. The number of benzene rings is 1. The molecule has 2 nitrogen and oxygen atoms in total. The van der Waals surface area contributed by atoms with E-state index in [0.29, 0.717) is 5.75 Å². The van der Waals surface area contributed by atoms with Crippen molar-refractivity contribution < 1.29 is 5.11 Å². The second-order valence-electron chi connectivity index (χ2n) is 3.14. The summed E-state index contributed by atoms with van der Waals surface area (Å²) in [7, 11) is 0. The third-order valence-electron chi connectivity index (χ3n) is 2.18. The molecule has 0 fully saturated rings. The van der Waals surface area contributed by atoms with E-state index in [-0.39, 0.29) is 0 Å². The zero-order valence-electron chi connectivity index (χ0n) is 7.44. The van der Waals surface area contributed by atoms with E-state index in [9.17, 15) is 5.11 Å². The normalized spacial score (nSPS) is 11.5. The minimum absolute atomic E-state index is 0.332. The molecule has 70 valence electrons. The van der Waals surface area contributed by atoms with Crippen LogP contribution in [0.1, 0.15) is 5.01 Å². The van der Waals surface area contributed by atoms with Crippen molar-refractivity contribution in [2.75, 3.05) is 0 Å². The van der Waals surface area contributed by atoms with E-state index in [0.717, 1.165) is 20.6 Å². The van der Waals surface area contributed by atoms with Crippen molar-refractivity contribution in [3.63, 3.8) is 0 Å². The van der Waals surface area contributed by atoms with E-state index in [1.807, 2.05) is 18.4 Å². The molecule has 0 aliphatic rings. The van der Waals surface area contributed by atoms with Crippen LogP contribution in [0.15, 0.2) is 17.5 Å². The summed E-state index contributed by atoms with van der Waals surface area (Å²) in [6, 6.07) is 3.69. The van der Waals surface area contributed by atoms with Gasteiger partial charge in [0.1, 0.15) is 5.75 Å². The summed E-state index contributed by atoms with van der Waals surface area (Å²) >= 11 is 3.34. The number of fused-ring (bicyclic) bond motifs is 3. The second-order valence-corrected chi connectivity index (χ2v) is 5.26. The van der Waals surface area contributed by atoms with Gasteiger partial charge in [0.2, 0.25) is 0 Å². The summed E-state index contributed by atoms with van der Waals surface area (Å²) in [5.41, 5.74) is 0.903. The molecule has 0 saturated heterocycles. The fraction of sp³-hybridized carbons (Fsp3) is 0.100. The van der Waals surface area contributed by atoms with E-state index in [4.69, 9.17) is 0 Å². The summed E-state index contributed by atoms with van der Waals surface area (Å²) in [6.45, 7) is 1.99. The number of thiophene rings is 1. The molecule has 4 heteroatoms. The van der Waals surface area contributed by atoms with Crippen LogP contribution in [0, 0.1) is 6.92 Å². The zero-order valence-corrected chi connectivity index (χ0v) is 9.08. The van der Waals surface area contributed by atoms with E-state index in [2.05, 4.69) is 4.98 Å². The van der Waals surface area contributed by atoms with E-state index >= 15 is 0 Å². The highest BCUT2D eigenvalue weighted by molar-refractivity contribution is 7.26. The molecule has 0 aliphatic carbocycles. The zero-order chi connectivity index (χ0) is 9.71. The monoisotopic (exact) mass is 221 g/mol. The first-order chi connectivity index (χ1) is 6.75. The number of aromatic hydroxyl groups is 1. The van der Waals surface area contributed by atoms with Gasteiger partial charge in [-0.05, 0) is 18.4 Å². The van der Waals surface area contributed by atoms with Crippen LogP contribution in [-0.4, -0.2) is 10.1 Å².